The number of fused-ring (bicyclic) bond motifs is 1. The number of nitrogens with one attached hydrogen (secondary N) is 1. The van der Waals surface area contributed by atoms with Gasteiger partial charge in [0.1, 0.15) is 6.07 Å². The first-order chi connectivity index (χ1) is 11.1. The van der Waals surface area contributed by atoms with Crippen LogP contribution in [0.15, 0.2) is 34.3 Å². The Morgan fingerprint density at radius 3 is 2.78 bits per heavy atom. The Morgan fingerprint density at radius 2 is 2.13 bits per heavy atom. The predicted octanol–water partition coefficient (Wildman–Crippen LogP) is 3.42. The average molecular weight is 374 g/mol. The molecule has 0 atom stereocenters. The summed E-state index contributed by atoms with van der Waals surface area (Å²) in [4.78, 5) is 17.6. The van der Waals surface area contributed by atoms with Crippen LogP contribution in [0.1, 0.15) is 17.4 Å². The van der Waals surface area contributed by atoms with Gasteiger partial charge in [0.2, 0.25) is 5.78 Å². The Labute approximate surface area is 142 Å². The van der Waals surface area contributed by atoms with Crippen molar-refractivity contribution in [1.29, 1.82) is 5.26 Å². The minimum absolute atomic E-state index is 0.143. The molecule has 0 amide bonds. The van der Waals surface area contributed by atoms with Crippen LogP contribution in [0, 0.1) is 11.3 Å². The number of H-pyrrole nitrogens is 1. The van der Waals surface area contributed by atoms with Crippen molar-refractivity contribution in [2.75, 3.05) is 31.2 Å². The van der Waals surface area contributed by atoms with E-state index in [4.69, 9.17) is 10.00 Å². The summed E-state index contributed by atoms with van der Waals surface area (Å²) in [5.74, 6) is -0.282. The highest BCUT2D eigenvalue weighted by molar-refractivity contribution is 9.10. The van der Waals surface area contributed by atoms with Gasteiger partial charge in [0.25, 0.3) is 0 Å². The zero-order valence-corrected chi connectivity index (χ0v) is 14.3. The number of aromatic amines is 1. The standard InChI is InChI=1S/C17H16BrN3O2/c1-2-11(10-19)17(22)15-7-12-8-16(13(18)9-14(12)20-15)21-3-5-23-6-4-21/h2,7-9,20H,3-6H2,1H3/b11-2+. The third-order valence-corrected chi connectivity index (χ3v) is 4.57. The van der Waals surface area contributed by atoms with Crippen molar-refractivity contribution < 1.29 is 9.53 Å². The Morgan fingerprint density at radius 1 is 1.39 bits per heavy atom. The molecule has 0 saturated carbocycles. The van der Waals surface area contributed by atoms with Crippen molar-refractivity contribution in [2.24, 2.45) is 0 Å². The van der Waals surface area contributed by atoms with E-state index < -0.39 is 0 Å². The van der Waals surface area contributed by atoms with Crippen molar-refractivity contribution in [3.8, 4) is 6.07 Å². The van der Waals surface area contributed by atoms with E-state index >= 15 is 0 Å². The van der Waals surface area contributed by atoms with Crippen LogP contribution in [0.5, 0.6) is 0 Å². The molecule has 0 bridgehead atoms. The van der Waals surface area contributed by atoms with Crippen molar-refractivity contribution >= 4 is 38.3 Å². The maximum absolute atomic E-state index is 12.3. The summed E-state index contributed by atoms with van der Waals surface area (Å²) < 4.78 is 6.36. The fraction of sp³-hybridized carbons (Fsp3) is 0.294. The molecule has 1 fully saturated rings. The first-order valence-electron chi connectivity index (χ1n) is 7.40. The molecule has 0 aliphatic carbocycles. The number of carbonyl (C=O) groups is 1. The monoisotopic (exact) mass is 373 g/mol. The first-order valence-corrected chi connectivity index (χ1v) is 8.19. The molecule has 0 radical (unpaired) electrons. The van der Waals surface area contributed by atoms with Gasteiger partial charge in [-0.2, -0.15) is 5.26 Å². The first kappa shape index (κ1) is 15.8. The molecule has 1 aromatic heterocycles. The topological polar surface area (TPSA) is 69.1 Å². The summed E-state index contributed by atoms with van der Waals surface area (Å²) in [6, 6.07) is 7.76. The molecule has 118 valence electrons. The summed E-state index contributed by atoms with van der Waals surface area (Å²) in [5, 5.41) is 9.96. The van der Waals surface area contributed by atoms with E-state index in [1.165, 1.54) is 6.08 Å². The molecule has 6 heteroatoms. The molecule has 3 rings (SSSR count). The van der Waals surface area contributed by atoms with Gasteiger partial charge < -0.3 is 14.6 Å². The molecule has 1 aromatic carbocycles. The van der Waals surface area contributed by atoms with Gasteiger partial charge in [-0.05, 0) is 41.1 Å². The molecule has 2 aromatic rings. The molecule has 1 aliphatic rings. The van der Waals surface area contributed by atoms with E-state index in [2.05, 4.69) is 31.9 Å². The second kappa shape index (κ2) is 6.57. The number of ketones is 1. The summed E-state index contributed by atoms with van der Waals surface area (Å²) in [7, 11) is 0. The number of morpholine rings is 1. The number of hydrogen-bond donors (Lipinski definition) is 1. The van der Waals surface area contributed by atoms with Gasteiger partial charge in [-0.3, -0.25) is 4.79 Å². The predicted molar refractivity (Wildman–Crippen MR) is 92.7 cm³/mol. The number of ether oxygens (including phenoxy) is 1. The van der Waals surface area contributed by atoms with Crippen LogP contribution in [0.4, 0.5) is 5.69 Å². The Kier molecular flexibility index (Phi) is 4.51. The molecular formula is C17H16BrN3O2. The maximum atomic E-state index is 12.3. The van der Waals surface area contributed by atoms with Crippen LogP contribution >= 0.6 is 15.9 Å². The van der Waals surface area contributed by atoms with Crippen molar-refractivity contribution in [2.45, 2.75) is 6.92 Å². The van der Waals surface area contributed by atoms with Crippen LogP contribution in [0.3, 0.4) is 0 Å². The molecule has 2 heterocycles. The van der Waals surface area contributed by atoms with E-state index in [1.807, 2.05) is 12.1 Å². The summed E-state index contributed by atoms with van der Waals surface area (Å²) in [5.41, 5.74) is 2.53. The summed E-state index contributed by atoms with van der Waals surface area (Å²) in [6.07, 6.45) is 1.53. The quantitative estimate of drug-likeness (QED) is 0.508. The van der Waals surface area contributed by atoms with E-state index in [0.29, 0.717) is 18.9 Å². The third kappa shape index (κ3) is 3.03. The molecular weight excluding hydrogens is 358 g/mol. The van der Waals surface area contributed by atoms with Gasteiger partial charge in [0, 0.05) is 28.5 Å². The second-order valence-corrected chi connectivity index (χ2v) is 6.17. The van der Waals surface area contributed by atoms with Crippen LogP contribution in [0.25, 0.3) is 10.9 Å². The number of aromatic nitrogens is 1. The fourth-order valence-corrected chi connectivity index (χ4v) is 3.30. The van der Waals surface area contributed by atoms with Gasteiger partial charge in [0.05, 0.1) is 30.2 Å². The lowest BCUT2D eigenvalue weighted by Gasteiger charge is -2.29. The van der Waals surface area contributed by atoms with Crippen LogP contribution in [-0.2, 0) is 4.74 Å². The molecule has 0 spiro atoms. The number of anilines is 1. The minimum atomic E-state index is -0.282. The van der Waals surface area contributed by atoms with Crippen LogP contribution in [-0.4, -0.2) is 37.1 Å². The summed E-state index contributed by atoms with van der Waals surface area (Å²) in [6.45, 7) is 4.81. The minimum Gasteiger partial charge on any atom is -0.378 e. The number of nitrogens with zero attached hydrogens (tertiary/aromatic N) is 2. The second-order valence-electron chi connectivity index (χ2n) is 5.32. The van der Waals surface area contributed by atoms with Gasteiger partial charge in [-0.1, -0.05) is 6.08 Å². The van der Waals surface area contributed by atoms with Crippen molar-refractivity contribution in [3.05, 3.63) is 40.0 Å². The van der Waals surface area contributed by atoms with Gasteiger partial charge in [0.15, 0.2) is 0 Å². The lowest BCUT2D eigenvalue weighted by atomic mass is 10.1. The van der Waals surface area contributed by atoms with Gasteiger partial charge in [-0.25, -0.2) is 0 Å². The van der Waals surface area contributed by atoms with E-state index in [-0.39, 0.29) is 11.4 Å². The summed E-state index contributed by atoms with van der Waals surface area (Å²) >= 11 is 3.60. The number of hydrogen-bond acceptors (Lipinski definition) is 4. The fourth-order valence-electron chi connectivity index (χ4n) is 2.70. The highest BCUT2D eigenvalue weighted by Crippen LogP contribution is 2.32. The maximum Gasteiger partial charge on any atom is 0.219 e. The average Bonchev–Trinajstić information content (AvgIpc) is 2.98. The largest absolute Gasteiger partial charge is 0.378 e. The third-order valence-electron chi connectivity index (χ3n) is 3.94. The van der Waals surface area contributed by atoms with Crippen LogP contribution < -0.4 is 4.90 Å². The SMILES string of the molecule is C/C=C(\C#N)C(=O)c1cc2cc(N3CCOCC3)c(Br)cc2[nH]1. The lowest BCUT2D eigenvalue weighted by Crippen LogP contribution is -2.36. The highest BCUT2D eigenvalue weighted by Gasteiger charge is 2.18. The normalized spacial score (nSPS) is 15.7. The molecule has 0 unspecified atom stereocenters. The smallest absolute Gasteiger partial charge is 0.219 e. The van der Waals surface area contributed by atoms with Gasteiger partial charge >= 0.3 is 0 Å². The van der Waals surface area contributed by atoms with Crippen molar-refractivity contribution in [1.82, 2.24) is 4.98 Å². The Bertz CT molecular complexity index is 826. The van der Waals surface area contributed by atoms with Crippen molar-refractivity contribution in [3.63, 3.8) is 0 Å². The number of nitriles is 1. The number of rotatable bonds is 3. The zero-order valence-electron chi connectivity index (χ0n) is 12.7. The highest BCUT2D eigenvalue weighted by atomic mass is 79.9. The Hall–Kier alpha value is -2.10. The molecule has 1 N–H and O–H groups in total. The molecule has 23 heavy (non-hydrogen) atoms. The number of halogens is 1. The number of benzene rings is 1. The number of Topliss-reactive ketones (excluding diaryl/α,β-unsaturated/α-hetero) is 1. The molecule has 5 nitrogen and oxygen atoms in total. The lowest BCUT2D eigenvalue weighted by molar-refractivity contribution is 0.103. The number of carbonyl (C=O) groups excluding carboxylic acids is 1. The Balaban J connectivity index is 2.00. The van der Waals surface area contributed by atoms with Crippen LogP contribution in [0.2, 0.25) is 0 Å². The molecule has 1 saturated heterocycles. The number of allylic oxidation sites excluding steroid dienone is 2. The van der Waals surface area contributed by atoms with E-state index in [9.17, 15) is 4.79 Å². The van der Waals surface area contributed by atoms with E-state index in [0.717, 1.165) is 34.2 Å². The van der Waals surface area contributed by atoms with E-state index in [1.54, 1.807) is 13.0 Å². The zero-order chi connectivity index (χ0) is 16.4. The molecule has 1 aliphatic heterocycles. The van der Waals surface area contributed by atoms with Gasteiger partial charge in [-0.15, -0.1) is 0 Å².